The second-order valence-corrected chi connectivity index (χ2v) is 10.9. The predicted octanol–water partition coefficient (Wildman–Crippen LogP) is 1.42. The number of phenols is 1. The number of nitrogens with one attached hydrogen (secondary N) is 1. The Kier molecular flexibility index (Phi) is 8.31. The summed E-state index contributed by atoms with van der Waals surface area (Å²) in [6, 6.07) is 12.2. The number of amides is 1. The van der Waals surface area contributed by atoms with Crippen LogP contribution in [0.4, 0.5) is 11.5 Å². The van der Waals surface area contributed by atoms with Gasteiger partial charge in [0.15, 0.2) is 0 Å². The Morgan fingerprint density at radius 1 is 1.07 bits per heavy atom. The van der Waals surface area contributed by atoms with Crippen molar-refractivity contribution in [2.75, 3.05) is 82.0 Å². The summed E-state index contributed by atoms with van der Waals surface area (Å²) in [6.07, 6.45) is 3.09. The average molecular weight is 560 g/mol. The number of morpholine rings is 1. The third kappa shape index (κ3) is 6.14. The van der Waals surface area contributed by atoms with Crippen molar-refractivity contribution in [1.29, 1.82) is 0 Å². The number of ether oxygens (including phenoxy) is 2. The van der Waals surface area contributed by atoms with E-state index in [1.54, 1.807) is 6.07 Å². The number of piperazine rings is 1. The molecule has 3 aliphatic heterocycles. The van der Waals surface area contributed by atoms with Gasteiger partial charge in [-0.15, -0.1) is 0 Å². The molecule has 2 aromatic carbocycles. The Balaban J connectivity index is 1.24. The third-order valence-corrected chi connectivity index (χ3v) is 8.34. The van der Waals surface area contributed by atoms with E-state index in [0.29, 0.717) is 32.3 Å². The molecule has 1 aromatic heterocycles. The monoisotopic (exact) mass is 559 g/mol. The standard InChI is InChI=1S/C31H38N6O4/c1-2-29(39)35-11-13-36(14-12-35)30-26-8-10-37(28-21-24(38)20-23-6-3-4-7-25(23)28)22-27(26)32-31(33-30)41-17-5-9-34-15-18-40-19-16-34/h2-4,6-7,20-21,38H,1,5,8-19,22H2/p+1. The largest absolute Gasteiger partial charge is 0.508 e. The molecular weight excluding hydrogens is 520 g/mol. The number of hydrogen-bond acceptors (Lipinski definition) is 9. The zero-order valence-electron chi connectivity index (χ0n) is 23.6. The van der Waals surface area contributed by atoms with Crippen LogP contribution >= 0.6 is 0 Å². The van der Waals surface area contributed by atoms with Gasteiger partial charge in [0.2, 0.25) is 0 Å². The molecule has 10 heteroatoms. The number of quaternary nitrogens is 1. The van der Waals surface area contributed by atoms with Crippen molar-refractivity contribution in [1.82, 2.24) is 14.9 Å². The maximum absolute atomic E-state index is 12.2. The van der Waals surface area contributed by atoms with Gasteiger partial charge in [-0.1, -0.05) is 30.8 Å². The van der Waals surface area contributed by atoms with Gasteiger partial charge in [0.1, 0.15) is 24.7 Å². The van der Waals surface area contributed by atoms with Crippen molar-refractivity contribution in [3.63, 3.8) is 0 Å². The molecule has 4 heterocycles. The van der Waals surface area contributed by atoms with Gasteiger partial charge in [-0.2, -0.15) is 9.97 Å². The first-order valence-electron chi connectivity index (χ1n) is 14.6. The molecule has 1 amide bonds. The quantitative estimate of drug-likeness (QED) is 0.314. The lowest BCUT2D eigenvalue weighted by Crippen LogP contribution is -3.17. The minimum atomic E-state index is 0.0487. The molecule has 2 fully saturated rings. The van der Waals surface area contributed by atoms with Crippen LogP contribution in [0.2, 0.25) is 0 Å². The number of fused-ring (bicyclic) bond motifs is 2. The molecule has 2 N–H and O–H groups in total. The molecule has 10 nitrogen and oxygen atoms in total. The van der Waals surface area contributed by atoms with E-state index in [1.807, 2.05) is 24.3 Å². The fourth-order valence-corrected chi connectivity index (χ4v) is 6.11. The number of rotatable bonds is 8. The van der Waals surface area contributed by atoms with Crippen molar-refractivity contribution in [2.24, 2.45) is 0 Å². The number of benzene rings is 2. The van der Waals surface area contributed by atoms with E-state index >= 15 is 0 Å². The molecule has 0 atom stereocenters. The van der Waals surface area contributed by atoms with Gasteiger partial charge in [-0.05, 0) is 24.3 Å². The van der Waals surface area contributed by atoms with Crippen LogP contribution in [0.25, 0.3) is 10.8 Å². The van der Waals surface area contributed by atoms with Gasteiger partial charge in [0.25, 0.3) is 0 Å². The van der Waals surface area contributed by atoms with Gasteiger partial charge < -0.3 is 24.4 Å². The van der Waals surface area contributed by atoms with Gasteiger partial charge in [-0.3, -0.25) is 9.80 Å². The van der Waals surface area contributed by atoms with E-state index < -0.39 is 0 Å². The van der Waals surface area contributed by atoms with Crippen LogP contribution in [0.3, 0.4) is 0 Å². The van der Waals surface area contributed by atoms with Crippen molar-refractivity contribution in [2.45, 2.75) is 19.4 Å². The zero-order chi connectivity index (χ0) is 28.2. The Morgan fingerprint density at radius 2 is 1.88 bits per heavy atom. The Bertz CT molecular complexity index is 1400. The number of nitrogens with zero attached hydrogens (tertiary/aromatic N) is 5. The highest BCUT2D eigenvalue weighted by molar-refractivity contribution is 5.95. The molecule has 0 aliphatic carbocycles. The van der Waals surface area contributed by atoms with Crippen molar-refractivity contribution in [3.05, 3.63) is 60.3 Å². The Labute approximate surface area is 240 Å². The molecule has 0 radical (unpaired) electrons. The molecule has 3 aromatic rings. The summed E-state index contributed by atoms with van der Waals surface area (Å²) >= 11 is 0. The summed E-state index contributed by atoms with van der Waals surface area (Å²) in [4.78, 5) is 29.9. The molecule has 0 bridgehead atoms. The minimum Gasteiger partial charge on any atom is -0.508 e. The lowest BCUT2D eigenvalue weighted by atomic mass is 10.0. The number of hydrogen-bond donors (Lipinski definition) is 2. The van der Waals surface area contributed by atoms with Gasteiger partial charge in [-0.25, -0.2) is 4.79 Å². The van der Waals surface area contributed by atoms with Crippen molar-refractivity contribution >= 4 is 28.2 Å². The average Bonchev–Trinajstić information content (AvgIpc) is 3.02. The van der Waals surface area contributed by atoms with Crippen LogP contribution in [0.1, 0.15) is 17.7 Å². The highest BCUT2D eigenvalue weighted by atomic mass is 16.5. The molecular formula is C31H39N6O4+. The molecule has 41 heavy (non-hydrogen) atoms. The summed E-state index contributed by atoms with van der Waals surface area (Å²) in [5.74, 6) is 1.22. The second kappa shape index (κ2) is 12.4. The van der Waals surface area contributed by atoms with Crippen molar-refractivity contribution in [3.8, 4) is 11.8 Å². The number of phenolic OH excluding ortho intramolecular Hbond substituents is 1. The fraction of sp³-hybridized carbons (Fsp3) is 0.452. The predicted molar refractivity (Wildman–Crippen MR) is 158 cm³/mol. The van der Waals surface area contributed by atoms with E-state index in [2.05, 4.69) is 27.3 Å². The maximum atomic E-state index is 12.2. The summed E-state index contributed by atoms with van der Waals surface area (Å²) in [5.41, 5.74) is 3.10. The van der Waals surface area contributed by atoms with Crippen LogP contribution in [0.15, 0.2) is 49.1 Å². The molecule has 6 rings (SSSR count). The van der Waals surface area contributed by atoms with E-state index in [4.69, 9.17) is 19.4 Å². The number of carbonyl (C=O) groups is 1. The number of aromatic hydroxyl groups is 1. The summed E-state index contributed by atoms with van der Waals surface area (Å²) < 4.78 is 11.6. The van der Waals surface area contributed by atoms with Gasteiger partial charge in [0, 0.05) is 55.0 Å². The van der Waals surface area contributed by atoms with E-state index in [1.165, 1.54) is 6.08 Å². The minimum absolute atomic E-state index is 0.0487. The van der Waals surface area contributed by atoms with Crippen molar-refractivity contribution < 1.29 is 24.3 Å². The van der Waals surface area contributed by atoms with E-state index in [-0.39, 0.29) is 11.7 Å². The molecule has 0 spiro atoms. The first kappa shape index (κ1) is 27.4. The summed E-state index contributed by atoms with van der Waals surface area (Å²) in [7, 11) is 0. The van der Waals surface area contributed by atoms with E-state index in [9.17, 15) is 9.90 Å². The van der Waals surface area contributed by atoms with Crippen LogP contribution in [0.5, 0.6) is 11.8 Å². The maximum Gasteiger partial charge on any atom is 0.336 e. The highest BCUT2D eigenvalue weighted by Crippen LogP contribution is 2.36. The van der Waals surface area contributed by atoms with Crippen LogP contribution in [-0.4, -0.2) is 98.1 Å². The number of carbonyl (C=O) groups excluding carboxylic acids is 1. The normalized spacial score (nSPS) is 18.3. The smallest absolute Gasteiger partial charge is 0.336 e. The SMILES string of the molecule is C=CC(=O)[NH+]1CCN(c2nc(OCCCN3CCOCC3)nc3c2CCN(c2cc(O)cc4ccccc24)C3)CC1. The Hall–Kier alpha value is -3.73. The topological polar surface area (TPSA) is 95.7 Å². The first-order valence-corrected chi connectivity index (χ1v) is 14.6. The molecule has 0 unspecified atom stereocenters. The Morgan fingerprint density at radius 3 is 2.68 bits per heavy atom. The summed E-state index contributed by atoms with van der Waals surface area (Å²) in [5, 5.41) is 12.6. The van der Waals surface area contributed by atoms with Gasteiger partial charge in [0.05, 0.1) is 45.1 Å². The van der Waals surface area contributed by atoms with Crippen LogP contribution in [-0.2, 0) is 22.5 Å². The van der Waals surface area contributed by atoms with Crippen LogP contribution in [0, 0.1) is 0 Å². The van der Waals surface area contributed by atoms with E-state index in [0.717, 1.165) is 104 Å². The fourth-order valence-electron chi connectivity index (χ4n) is 6.11. The second-order valence-electron chi connectivity index (χ2n) is 10.9. The highest BCUT2D eigenvalue weighted by Gasteiger charge is 2.30. The molecule has 0 saturated carbocycles. The first-order chi connectivity index (χ1) is 20.1. The lowest BCUT2D eigenvalue weighted by molar-refractivity contribution is -0.818. The third-order valence-electron chi connectivity index (χ3n) is 8.34. The summed E-state index contributed by atoms with van der Waals surface area (Å²) in [6.45, 7) is 12.9. The van der Waals surface area contributed by atoms with Crippen LogP contribution < -0.4 is 19.4 Å². The molecule has 216 valence electrons. The molecule has 2 saturated heterocycles. The molecule has 3 aliphatic rings. The number of aromatic nitrogens is 2. The van der Waals surface area contributed by atoms with Gasteiger partial charge >= 0.3 is 11.9 Å². The number of anilines is 2. The lowest BCUT2D eigenvalue weighted by Gasteiger charge is -2.36. The zero-order valence-corrected chi connectivity index (χ0v) is 23.6.